The van der Waals surface area contributed by atoms with Gasteiger partial charge in [-0.05, 0) is 31.7 Å². The minimum absolute atomic E-state index is 0.0323. The van der Waals surface area contributed by atoms with Crippen molar-refractivity contribution >= 4 is 17.7 Å². The van der Waals surface area contributed by atoms with E-state index in [1.165, 1.54) is 0 Å². The second-order valence-corrected chi connectivity index (χ2v) is 9.02. The number of piperidine rings is 1. The average Bonchev–Trinajstić information content (AvgIpc) is 3.18. The molecule has 1 atom stereocenters. The van der Waals surface area contributed by atoms with Crippen LogP contribution in [0.15, 0.2) is 30.3 Å². The number of rotatable bonds is 6. The number of aromatic nitrogens is 2. The van der Waals surface area contributed by atoms with Crippen molar-refractivity contribution in [2.24, 2.45) is 7.05 Å². The van der Waals surface area contributed by atoms with E-state index < -0.39 is 0 Å². The summed E-state index contributed by atoms with van der Waals surface area (Å²) in [5.74, 6) is -0.238. The van der Waals surface area contributed by atoms with Crippen molar-refractivity contribution in [2.75, 3.05) is 19.6 Å². The number of likely N-dealkylation sites (tertiary alicyclic amines) is 1. The number of hydrogen-bond acceptors (Lipinski definition) is 4. The second-order valence-electron chi connectivity index (χ2n) is 9.02. The van der Waals surface area contributed by atoms with E-state index in [9.17, 15) is 14.4 Å². The van der Waals surface area contributed by atoms with Crippen molar-refractivity contribution in [2.45, 2.75) is 58.0 Å². The number of carbonyl (C=O) groups excluding carboxylic acids is 3. The fourth-order valence-electron chi connectivity index (χ4n) is 4.74. The molecule has 1 fully saturated rings. The predicted molar refractivity (Wildman–Crippen MR) is 124 cm³/mol. The van der Waals surface area contributed by atoms with Crippen LogP contribution in [0, 0.1) is 0 Å². The van der Waals surface area contributed by atoms with Crippen LogP contribution < -0.4 is 5.32 Å². The van der Waals surface area contributed by atoms with Gasteiger partial charge in [-0.3, -0.25) is 19.1 Å². The zero-order chi connectivity index (χ0) is 23.4. The first-order valence-corrected chi connectivity index (χ1v) is 11.9. The molecule has 8 heteroatoms. The maximum Gasteiger partial charge on any atom is 0.274 e. The normalized spacial score (nSPS) is 16.8. The van der Waals surface area contributed by atoms with Gasteiger partial charge in [0.2, 0.25) is 11.8 Å². The van der Waals surface area contributed by atoms with E-state index in [1.54, 1.807) is 9.58 Å². The Labute approximate surface area is 194 Å². The molecule has 1 aromatic heterocycles. The average molecular weight is 452 g/mol. The molecule has 2 aliphatic heterocycles. The zero-order valence-corrected chi connectivity index (χ0v) is 19.5. The molecule has 4 rings (SSSR count). The summed E-state index contributed by atoms with van der Waals surface area (Å²) in [7, 11) is 1.86. The molecule has 3 heterocycles. The lowest BCUT2D eigenvalue weighted by molar-refractivity contribution is -0.134. The summed E-state index contributed by atoms with van der Waals surface area (Å²) in [5, 5.41) is 7.48. The van der Waals surface area contributed by atoms with E-state index in [4.69, 9.17) is 0 Å². The number of aryl methyl sites for hydroxylation is 1. The van der Waals surface area contributed by atoms with Gasteiger partial charge in [0, 0.05) is 63.7 Å². The zero-order valence-electron chi connectivity index (χ0n) is 19.5. The van der Waals surface area contributed by atoms with Crippen LogP contribution in [0.3, 0.4) is 0 Å². The lowest BCUT2D eigenvalue weighted by atomic mass is 10.0. The van der Waals surface area contributed by atoms with Gasteiger partial charge in [0.15, 0.2) is 5.69 Å². The third kappa shape index (κ3) is 5.26. The van der Waals surface area contributed by atoms with Gasteiger partial charge in [-0.1, -0.05) is 30.3 Å². The molecule has 0 aliphatic carbocycles. The molecule has 176 valence electrons. The standard InChI is InChI=1S/C25H33N5O3/c1-18(19-9-5-3-6-10-19)26-22(31)11-12-23(32)30-16-13-21-20(17-30)24(27-28(21)2)25(33)29-14-7-4-8-15-29/h3,5-6,9-10,18H,4,7-8,11-17H2,1-2H3,(H,26,31). The maximum atomic E-state index is 13.1. The van der Waals surface area contributed by atoms with Gasteiger partial charge in [-0.15, -0.1) is 0 Å². The Hall–Kier alpha value is -3.16. The van der Waals surface area contributed by atoms with E-state index >= 15 is 0 Å². The van der Waals surface area contributed by atoms with Gasteiger partial charge in [0.25, 0.3) is 5.91 Å². The fourth-order valence-corrected chi connectivity index (χ4v) is 4.74. The molecule has 8 nitrogen and oxygen atoms in total. The first-order valence-electron chi connectivity index (χ1n) is 11.9. The molecule has 2 aliphatic rings. The molecule has 1 unspecified atom stereocenters. The van der Waals surface area contributed by atoms with Crippen LogP contribution >= 0.6 is 0 Å². The second kappa shape index (κ2) is 10.2. The van der Waals surface area contributed by atoms with E-state index in [0.29, 0.717) is 25.2 Å². The van der Waals surface area contributed by atoms with E-state index in [0.717, 1.165) is 49.2 Å². The molecule has 0 saturated carbocycles. The van der Waals surface area contributed by atoms with Crippen molar-refractivity contribution in [1.29, 1.82) is 0 Å². The molecule has 0 spiro atoms. The third-order valence-corrected chi connectivity index (χ3v) is 6.68. The highest BCUT2D eigenvalue weighted by atomic mass is 16.2. The van der Waals surface area contributed by atoms with E-state index in [1.807, 2.05) is 49.2 Å². The number of carbonyl (C=O) groups is 3. The van der Waals surface area contributed by atoms with Crippen LogP contribution in [-0.4, -0.2) is 56.9 Å². The highest BCUT2D eigenvalue weighted by Gasteiger charge is 2.31. The molecule has 0 bridgehead atoms. The van der Waals surface area contributed by atoms with Crippen molar-refractivity contribution in [3.8, 4) is 0 Å². The number of nitrogens with one attached hydrogen (secondary N) is 1. The highest BCUT2D eigenvalue weighted by Crippen LogP contribution is 2.25. The van der Waals surface area contributed by atoms with Crippen molar-refractivity contribution in [1.82, 2.24) is 24.9 Å². The molecule has 1 saturated heterocycles. The van der Waals surface area contributed by atoms with Crippen molar-refractivity contribution < 1.29 is 14.4 Å². The molecule has 2 aromatic rings. The lowest BCUT2D eigenvalue weighted by Crippen LogP contribution is -2.39. The molecular formula is C25H33N5O3. The van der Waals surface area contributed by atoms with Crippen molar-refractivity contribution in [3.05, 3.63) is 52.8 Å². The molecule has 1 aromatic carbocycles. The fraction of sp³-hybridized carbons (Fsp3) is 0.520. The summed E-state index contributed by atoms with van der Waals surface area (Å²) in [6.45, 7) is 4.42. The SMILES string of the molecule is CC(NC(=O)CCC(=O)N1CCc2c(c(C(=O)N3CCCCC3)nn2C)C1)c1ccccc1. The van der Waals surface area contributed by atoms with Crippen LogP contribution in [0.5, 0.6) is 0 Å². The first kappa shape index (κ1) is 23.0. The summed E-state index contributed by atoms with van der Waals surface area (Å²) >= 11 is 0. The van der Waals surface area contributed by atoms with Gasteiger partial charge in [-0.2, -0.15) is 5.10 Å². The van der Waals surface area contributed by atoms with Gasteiger partial charge in [-0.25, -0.2) is 0 Å². The van der Waals surface area contributed by atoms with E-state index in [2.05, 4.69) is 10.4 Å². The Morgan fingerprint density at radius 3 is 2.45 bits per heavy atom. The smallest absolute Gasteiger partial charge is 0.274 e. The van der Waals surface area contributed by atoms with Crippen LogP contribution in [0.25, 0.3) is 0 Å². The highest BCUT2D eigenvalue weighted by molar-refractivity contribution is 5.94. The van der Waals surface area contributed by atoms with Gasteiger partial charge in [0.1, 0.15) is 0 Å². The van der Waals surface area contributed by atoms with Crippen LogP contribution in [-0.2, 0) is 29.6 Å². The Bertz CT molecular complexity index is 1010. The molecule has 1 N–H and O–H groups in total. The number of benzene rings is 1. The topological polar surface area (TPSA) is 87.5 Å². The summed E-state index contributed by atoms with van der Waals surface area (Å²) in [5.41, 5.74) is 3.38. The third-order valence-electron chi connectivity index (χ3n) is 6.68. The molecule has 3 amide bonds. The molecular weight excluding hydrogens is 418 g/mol. The molecule has 0 radical (unpaired) electrons. The lowest BCUT2D eigenvalue weighted by Gasteiger charge is -2.29. The summed E-state index contributed by atoms with van der Waals surface area (Å²) < 4.78 is 1.78. The van der Waals surface area contributed by atoms with Gasteiger partial charge < -0.3 is 15.1 Å². The van der Waals surface area contributed by atoms with Gasteiger partial charge >= 0.3 is 0 Å². The minimum atomic E-state index is -0.139. The number of hydrogen-bond donors (Lipinski definition) is 1. The molecule has 33 heavy (non-hydrogen) atoms. The quantitative estimate of drug-likeness (QED) is 0.731. The predicted octanol–water partition coefficient (Wildman–Crippen LogP) is 2.59. The largest absolute Gasteiger partial charge is 0.350 e. The summed E-state index contributed by atoms with van der Waals surface area (Å²) in [4.78, 5) is 42.0. The Morgan fingerprint density at radius 2 is 1.73 bits per heavy atom. The van der Waals surface area contributed by atoms with Gasteiger partial charge in [0.05, 0.1) is 6.04 Å². The maximum absolute atomic E-state index is 13.1. The van der Waals surface area contributed by atoms with Crippen LogP contribution in [0.4, 0.5) is 0 Å². The number of fused-ring (bicyclic) bond motifs is 1. The minimum Gasteiger partial charge on any atom is -0.350 e. The summed E-state index contributed by atoms with van der Waals surface area (Å²) in [6.07, 6.45) is 4.16. The Morgan fingerprint density at radius 1 is 1.00 bits per heavy atom. The Kier molecular flexibility index (Phi) is 7.11. The first-order chi connectivity index (χ1) is 15.9. The van der Waals surface area contributed by atoms with Crippen LogP contribution in [0.2, 0.25) is 0 Å². The van der Waals surface area contributed by atoms with Crippen LogP contribution in [0.1, 0.15) is 72.4 Å². The number of amides is 3. The van der Waals surface area contributed by atoms with Crippen molar-refractivity contribution in [3.63, 3.8) is 0 Å². The Balaban J connectivity index is 1.34. The monoisotopic (exact) mass is 451 g/mol. The summed E-state index contributed by atoms with van der Waals surface area (Å²) in [6, 6.07) is 9.65. The number of nitrogens with zero attached hydrogens (tertiary/aromatic N) is 4. The van der Waals surface area contributed by atoms with E-state index in [-0.39, 0.29) is 36.6 Å².